The molecule has 2 N–H and O–H groups in total. The van der Waals surface area contributed by atoms with E-state index in [1.54, 1.807) is 31.4 Å². The molecule has 0 aliphatic heterocycles. The number of hydrogen-bond donors (Lipinski definition) is 2. The first-order valence-electron chi connectivity index (χ1n) is 9.19. The van der Waals surface area contributed by atoms with Crippen LogP contribution in [0.25, 0.3) is 10.4 Å². The predicted octanol–water partition coefficient (Wildman–Crippen LogP) is 5.25. The fourth-order valence-electron chi connectivity index (χ4n) is 2.90. The standard InChI is InChI=1S/C23H21NO4S2/c1-14(24-12-19(29)11-15-3-5-17(6-4-15)23(26)27)20-13-30-22(21(20)25)16-7-9-18(28-2)10-8-16/h3-10,13,25H,11-12H2,1-2H3,(H,26,27). The number of nitrogens with zero attached hydrogens (tertiary/aromatic N) is 1. The molecule has 0 aliphatic carbocycles. The van der Waals surface area contributed by atoms with Crippen molar-refractivity contribution >= 4 is 40.1 Å². The maximum atomic E-state index is 10.9. The lowest BCUT2D eigenvalue weighted by Crippen LogP contribution is -2.07. The van der Waals surface area contributed by atoms with Gasteiger partial charge < -0.3 is 14.9 Å². The number of rotatable bonds is 8. The third-order valence-electron chi connectivity index (χ3n) is 4.60. The molecule has 0 saturated heterocycles. The first kappa shape index (κ1) is 21.7. The zero-order valence-corrected chi connectivity index (χ0v) is 18.2. The number of ether oxygens (including phenoxy) is 1. The van der Waals surface area contributed by atoms with Crippen LogP contribution in [0, 0.1) is 0 Å². The number of aliphatic imine (C=N–C) groups is 1. The first-order valence-corrected chi connectivity index (χ1v) is 10.5. The van der Waals surface area contributed by atoms with Crippen LogP contribution in [-0.4, -0.2) is 40.4 Å². The monoisotopic (exact) mass is 439 g/mol. The van der Waals surface area contributed by atoms with Crippen LogP contribution in [0.1, 0.15) is 28.4 Å². The minimum absolute atomic E-state index is 0.210. The van der Waals surface area contributed by atoms with Gasteiger partial charge in [-0.25, -0.2) is 4.79 Å². The summed E-state index contributed by atoms with van der Waals surface area (Å²) in [4.78, 5) is 17.0. The molecule has 0 spiro atoms. The Balaban J connectivity index is 1.67. The van der Waals surface area contributed by atoms with Crippen LogP contribution in [0.5, 0.6) is 11.5 Å². The summed E-state index contributed by atoms with van der Waals surface area (Å²) in [5, 5.41) is 21.5. The van der Waals surface area contributed by atoms with Crippen molar-refractivity contribution in [3.63, 3.8) is 0 Å². The molecule has 5 nitrogen and oxygen atoms in total. The molecule has 2 aromatic carbocycles. The van der Waals surface area contributed by atoms with Gasteiger partial charge in [0.15, 0.2) is 0 Å². The van der Waals surface area contributed by atoms with E-state index in [0.717, 1.165) is 26.6 Å². The van der Waals surface area contributed by atoms with Crippen molar-refractivity contribution in [3.05, 3.63) is 70.6 Å². The summed E-state index contributed by atoms with van der Waals surface area (Å²) in [6.07, 6.45) is 0.540. The number of benzene rings is 2. The highest BCUT2D eigenvalue weighted by Crippen LogP contribution is 2.39. The van der Waals surface area contributed by atoms with Gasteiger partial charge in [0, 0.05) is 27.9 Å². The quantitative estimate of drug-likeness (QED) is 0.370. The van der Waals surface area contributed by atoms with E-state index >= 15 is 0 Å². The van der Waals surface area contributed by atoms with E-state index in [9.17, 15) is 9.90 Å². The van der Waals surface area contributed by atoms with E-state index < -0.39 is 5.97 Å². The fourth-order valence-corrected chi connectivity index (χ4v) is 4.14. The molecule has 0 unspecified atom stereocenters. The molecule has 30 heavy (non-hydrogen) atoms. The molecule has 3 aromatic rings. The highest BCUT2D eigenvalue weighted by Gasteiger charge is 2.15. The number of thiocarbonyl (C=S) groups is 1. The van der Waals surface area contributed by atoms with Crippen molar-refractivity contribution in [2.45, 2.75) is 13.3 Å². The maximum absolute atomic E-state index is 10.9. The number of carboxylic acids is 1. The summed E-state index contributed by atoms with van der Waals surface area (Å²) >= 11 is 6.89. The molecule has 1 aromatic heterocycles. The van der Waals surface area contributed by atoms with Crippen molar-refractivity contribution in [2.24, 2.45) is 4.99 Å². The van der Waals surface area contributed by atoms with Gasteiger partial charge >= 0.3 is 5.97 Å². The number of thiophene rings is 1. The number of carbonyl (C=O) groups is 1. The van der Waals surface area contributed by atoms with E-state index in [0.29, 0.717) is 24.2 Å². The summed E-state index contributed by atoms with van der Waals surface area (Å²) in [5.74, 6) is 0.0226. The van der Waals surface area contributed by atoms with Crippen LogP contribution < -0.4 is 4.74 Å². The SMILES string of the molecule is COc1ccc(-c2scc(C(C)=NCC(=S)Cc3ccc(C(=O)O)cc3)c2O)cc1. The third-order valence-corrected chi connectivity index (χ3v) is 5.89. The average molecular weight is 440 g/mol. The third kappa shape index (κ3) is 5.11. The highest BCUT2D eigenvalue weighted by molar-refractivity contribution is 7.80. The molecule has 3 rings (SSSR count). The Morgan fingerprint density at radius 1 is 1.13 bits per heavy atom. The van der Waals surface area contributed by atoms with Gasteiger partial charge in [0.25, 0.3) is 0 Å². The summed E-state index contributed by atoms with van der Waals surface area (Å²) in [5.41, 5.74) is 3.52. The average Bonchev–Trinajstić information content (AvgIpc) is 3.14. The van der Waals surface area contributed by atoms with E-state index in [2.05, 4.69) is 4.99 Å². The van der Waals surface area contributed by atoms with E-state index in [-0.39, 0.29) is 11.3 Å². The molecule has 1 heterocycles. The van der Waals surface area contributed by atoms with Crippen molar-refractivity contribution < 1.29 is 19.7 Å². The summed E-state index contributed by atoms with van der Waals surface area (Å²) in [7, 11) is 1.62. The maximum Gasteiger partial charge on any atom is 0.335 e. The van der Waals surface area contributed by atoms with Gasteiger partial charge in [-0.15, -0.1) is 11.3 Å². The van der Waals surface area contributed by atoms with Gasteiger partial charge in [-0.2, -0.15) is 0 Å². The van der Waals surface area contributed by atoms with E-state index in [1.165, 1.54) is 11.3 Å². The van der Waals surface area contributed by atoms with Gasteiger partial charge in [-0.3, -0.25) is 4.99 Å². The molecule has 0 saturated carbocycles. The molecule has 154 valence electrons. The second-order valence-corrected chi connectivity index (χ2v) is 8.13. The van der Waals surface area contributed by atoms with Crippen LogP contribution in [-0.2, 0) is 6.42 Å². The number of aromatic carboxylic acids is 1. The molecule has 0 bridgehead atoms. The van der Waals surface area contributed by atoms with E-state index in [4.69, 9.17) is 22.1 Å². The number of methoxy groups -OCH3 is 1. The lowest BCUT2D eigenvalue weighted by Gasteiger charge is -2.05. The zero-order chi connectivity index (χ0) is 21.7. The Morgan fingerprint density at radius 3 is 2.40 bits per heavy atom. The second kappa shape index (κ2) is 9.65. The minimum atomic E-state index is -0.950. The van der Waals surface area contributed by atoms with Gasteiger partial charge in [0.2, 0.25) is 0 Å². The van der Waals surface area contributed by atoms with Crippen molar-refractivity contribution in [1.82, 2.24) is 0 Å². The van der Waals surface area contributed by atoms with Crippen LogP contribution in [0.4, 0.5) is 0 Å². The summed E-state index contributed by atoms with van der Waals surface area (Å²) in [6.45, 7) is 2.21. The second-order valence-electron chi connectivity index (χ2n) is 6.67. The van der Waals surface area contributed by atoms with Gasteiger partial charge in [0.05, 0.1) is 24.1 Å². The smallest absolute Gasteiger partial charge is 0.335 e. The van der Waals surface area contributed by atoms with Gasteiger partial charge in [0.1, 0.15) is 11.5 Å². The Hall–Kier alpha value is -3.03. The summed E-state index contributed by atoms with van der Waals surface area (Å²) in [6, 6.07) is 14.2. The van der Waals surface area contributed by atoms with E-state index in [1.807, 2.05) is 36.6 Å². The van der Waals surface area contributed by atoms with Gasteiger partial charge in [-0.1, -0.05) is 24.4 Å². The normalized spacial score (nSPS) is 11.3. The summed E-state index contributed by atoms with van der Waals surface area (Å²) < 4.78 is 5.18. The Labute approximate surface area is 184 Å². The fraction of sp³-hybridized carbons (Fsp3) is 0.174. The van der Waals surface area contributed by atoms with Crippen molar-refractivity contribution in [1.29, 1.82) is 0 Å². The largest absolute Gasteiger partial charge is 0.506 e. The first-order chi connectivity index (χ1) is 14.4. The topological polar surface area (TPSA) is 79.1 Å². The zero-order valence-electron chi connectivity index (χ0n) is 16.6. The molecule has 0 fully saturated rings. The number of hydrogen-bond acceptors (Lipinski definition) is 6. The molecule has 0 radical (unpaired) electrons. The van der Waals surface area contributed by atoms with Gasteiger partial charge in [-0.05, 0) is 54.4 Å². The Morgan fingerprint density at radius 2 is 1.80 bits per heavy atom. The highest BCUT2D eigenvalue weighted by atomic mass is 32.1. The molecule has 0 aliphatic rings. The minimum Gasteiger partial charge on any atom is -0.506 e. The predicted molar refractivity (Wildman–Crippen MR) is 125 cm³/mol. The van der Waals surface area contributed by atoms with Crippen LogP contribution >= 0.6 is 23.6 Å². The molecule has 0 atom stereocenters. The molecular weight excluding hydrogens is 418 g/mol. The Bertz CT molecular complexity index is 1080. The molecule has 0 amide bonds. The number of aromatic hydroxyl groups is 1. The lowest BCUT2D eigenvalue weighted by molar-refractivity contribution is 0.0697. The molecule has 7 heteroatoms. The van der Waals surface area contributed by atoms with Crippen molar-refractivity contribution in [3.8, 4) is 21.9 Å². The molecular formula is C23H21NO4S2. The number of carboxylic acid groups (broad SMARTS) is 1. The van der Waals surface area contributed by atoms with Crippen LogP contribution in [0.15, 0.2) is 58.9 Å². The lowest BCUT2D eigenvalue weighted by atomic mass is 10.1. The van der Waals surface area contributed by atoms with Crippen molar-refractivity contribution in [2.75, 3.05) is 13.7 Å². The Kier molecular flexibility index (Phi) is 6.97. The van der Waals surface area contributed by atoms with Crippen LogP contribution in [0.3, 0.4) is 0 Å². The van der Waals surface area contributed by atoms with Crippen LogP contribution in [0.2, 0.25) is 0 Å².